The van der Waals surface area contributed by atoms with Gasteiger partial charge < -0.3 is 5.32 Å². The number of rotatable bonds is 6. The topological polar surface area (TPSA) is 15.3 Å². The summed E-state index contributed by atoms with van der Waals surface area (Å²) < 4.78 is 0. The summed E-state index contributed by atoms with van der Waals surface area (Å²) in [6.07, 6.45) is 5.05. The fourth-order valence-electron chi connectivity index (χ4n) is 2.46. The van der Waals surface area contributed by atoms with E-state index >= 15 is 0 Å². The van der Waals surface area contributed by atoms with Gasteiger partial charge in [-0.3, -0.25) is 4.90 Å². The van der Waals surface area contributed by atoms with Crippen molar-refractivity contribution in [2.45, 2.75) is 19.5 Å². The van der Waals surface area contributed by atoms with Gasteiger partial charge in [-0.05, 0) is 29.7 Å². The normalized spacial score (nSPS) is 14.3. The third-order valence-electron chi connectivity index (χ3n) is 3.34. The van der Waals surface area contributed by atoms with Crippen LogP contribution < -0.4 is 5.32 Å². The van der Waals surface area contributed by atoms with Gasteiger partial charge in [0.25, 0.3) is 0 Å². The van der Waals surface area contributed by atoms with E-state index in [9.17, 15) is 0 Å². The Hall–Kier alpha value is -1.38. The lowest BCUT2D eigenvalue weighted by Gasteiger charge is -2.21. The Morgan fingerprint density at radius 1 is 1.17 bits per heavy atom. The smallest absolute Gasteiger partial charge is 0.0240 e. The highest BCUT2D eigenvalue weighted by atomic mass is 15.1. The highest BCUT2D eigenvalue weighted by Crippen LogP contribution is 2.17. The van der Waals surface area contributed by atoms with Crippen molar-refractivity contribution in [2.75, 3.05) is 19.6 Å². The molecule has 1 aromatic carbocycles. The van der Waals surface area contributed by atoms with E-state index in [1.165, 1.54) is 16.7 Å². The molecule has 1 aromatic rings. The number of nitrogens with one attached hydrogen (secondary N) is 1. The van der Waals surface area contributed by atoms with Gasteiger partial charge >= 0.3 is 0 Å². The maximum Gasteiger partial charge on any atom is 0.0240 e. The molecule has 2 heteroatoms. The first-order valence-corrected chi connectivity index (χ1v) is 6.59. The standard InChI is InChI=1S/C16H22N2/c1-3-9-18(10-4-2)13-14-5-6-15-7-8-17-12-16(15)11-14/h3-6,11,17H,1-2,7-10,12-13H2. The maximum absolute atomic E-state index is 3.81. The fraction of sp³-hybridized carbons (Fsp3) is 0.375. The van der Waals surface area contributed by atoms with Crippen LogP contribution in [0.15, 0.2) is 43.5 Å². The van der Waals surface area contributed by atoms with Crippen LogP contribution in [0.1, 0.15) is 16.7 Å². The molecular weight excluding hydrogens is 220 g/mol. The van der Waals surface area contributed by atoms with Crippen molar-refractivity contribution >= 4 is 0 Å². The van der Waals surface area contributed by atoms with Gasteiger partial charge in [-0.2, -0.15) is 0 Å². The molecule has 0 amide bonds. The van der Waals surface area contributed by atoms with E-state index in [0.717, 1.165) is 39.1 Å². The molecule has 1 aliphatic rings. The number of fused-ring (bicyclic) bond motifs is 1. The summed E-state index contributed by atoms with van der Waals surface area (Å²) in [6.45, 7) is 12.5. The maximum atomic E-state index is 3.81. The Morgan fingerprint density at radius 3 is 2.67 bits per heavy atom. The van der Waals surface area contributed by atoms with E-state index in [0.29, 0.717) is 0 Å². The molecule has 0 bridgehead atoms. The van der Waals surface area contributed by atoms with Crippen LogP contribution in [0.4, 0.5) is 0 Å². The summed E-state index contributed by atoms with van der Waals surface area (Å²) in [5.41, 5.74) is 4.33. The summed E-state index contributed by atoms with van der Waals surface area (Å²) >= 11 is 0. The van der Waals surface area contributed by atoms with Gasteiger partial charge in [-0.15, -0.1) is 13.2 Å². The summed E-state index contributed by atoms with van der Waals surface area (Å²) in [7, 11) is 0. The average molecular weight is 242 g/mol. The molecular formula is C16H22N2. The molecule has 0 fully saturated rings. The van der Waals surface area contributed by atoms with Crippen molar-refractivity contribution in [3.8, 4) is 0 Å². The molecule has 0 unspecified atom stereocenters. The van der Waals surface area contributed by atoms with Crippen molar-refractivity contribution in [3.05, 3.63) is 60.2 Å². The minimum Gasteiger partial charge on any atom is -0.312 e. The first-order chi connectivity index (χ1) is 8.83. The van der Waals surface area contributed by atoms with E-state index in [1.54, 1.807) is 0 Å². The molecule has 0 saturated heterocycles. The Kier molecular flexibility index (Phi) is 4.73. The highest BCUT2D eigenvalue weighted by Gasteiger charge is 2.10. The van der Waals surface area contributed by atoms with E-state index < -0.39 is 0 Å². The molecule has 0 aromatic heterocycles. The van der Waals surface area contributed by atoms with E-state index in [2.05, 4.69) is 41.6 Å². The summed E-state index contributed by atoms with van der Waals surface area (Å²) in [5, 5.41) is 3.43. The first-order valence-electron chi connectivity index (χ1n) is 6.59. The monoisotopic (exact) mass is 242 g/mol. The van der Waals surface area contributed by atoms with Crippen molar-refractivity contribution in [1.82, 2.24) is 10.2 Å². The fourth-order valence-corrected chi connectivity index (χ4v) is 2.46. The summed E-state index contributed by atoms with van der Waals surface area (Å²) in [4.78, 5) is 2.33. The van der Waals surface area contributed by atoms with Crippen LogP contribution in [-0.2, 0) is 19.5 Å². The van der Waals surface area contributed by atoms with Gasteiger partial charge in [0.05, 0.1) is 0 Å². The Bertz CT molecular complexity index is 413. The molecule has 2 nitrogen and oxygen atoms in total. The molecule has 0 radical (unpaired) electrons. The molecule has 1 aliphatic heterocycles. The lowest BCUT2D eigenvalue weighted by molar-refractivity contribution is 0.327. The van der Waals surface area contributed by atoms with Gasteiger partial charge in [0.15, 0.2) is 0 Å². The van der Waals surface area contributed by atoms with Crippen LogP contribution in [0.3, 0.4) is 0 Å². The molecule has 1 N–H and O–H groups in total. The summed E-state index contributed by atoms with van der Waals surface area (Å²) in [5.74, 6) is 0. The average Bonchev–Trinajstić information content (AvgIpc) is 2.39. The first kappa shape index (κ1) is 13.1. The second-order valence-corrected chi connectivity index (χ2v) is 4.80. The number of hydrogen-bond donors (Lipinski definition) is 1. The van der Waals surface area contributed by atoms with Crippen LogP contribution in [0.5, 0.6) is 0 Å². The predicted octanol–water partition coefficient (Wildman–Crippen LogP) is 2.51. The lowest BCUT2D eigenvalue weighted by Crippen LogP contribution is -2.25. The molecule has 96 valence electrons. The molecule has 0 saturated carbocycles. The van der Waals surface area contributed by atoms with Crippen molar-refractivity contribution < 1.29 is 0 Å². The molecule has 18 heavy (non-hydrogen) atoms. The van der Waals surface area contributed by atoms with E-state index in [-0.39, 0.29) is 0 Å². The lowest BCUT2D eigenvalue weighted by atomic mass is 9.98. The predicted molar refractivity (Wildman–Crippen MR) is 77.5 cm³/mol. The minimum absolute atomic E-state index is 0.904. The van der Waals surface area contributed by atoms with Gasteiger partial charge in [-0.25, -0.2) is 0 Å². The SMILES string of the molecule is C=CCN(CC=C)Cc1ccc2c(c1)CNCC2. The van der Waals surface area contributed by atoms with E-state index in [1.807, 2.05) is 12.2 Å². The molecule has 0 spiro atoms. The zero-order valence-corrected chi connectivity index (χ0v) is 11.0. The largest absolute Gasteiger partial charge is 0.312 e. The zero-order valence-electron chi connectivity index (χ0n) is 11.0. The third-order valence-corrected chi connectivity index (χ3v) is 3.34. The Labute approximate surface area is 110 Å². The van der Waals surface area contributed by atoms with Crippen molar-refractivity contribution in [2.24, 2.45) is 0 Å². The number of nitrogens with zero attached hydrogens (tertiary/aromatic N) is 1. The van der Waals surface area contributed by atoms with Crippen LogP contribution >= 0.6 is 0 Å². The van der Waals surface area contributed by atoms with Crippen molar-refractivity contribution in [3.63, 3.8) is 0 Å². The van der Waals surface area contributed by atoms with Gasteiger partial charge in [0, 0.05) is 26.2 Å². The van der Waals surface area contributed by atoms with Crippen molar-refractivity contribution in [1.29, 1.82) is 0 Å². The second kappa shape index (κ2) is 6.53. The summed E-state index contributed by atoms with van der Waals surface area (Å²) in [6, 6.07) is 6.87. The van der Waals surface area contributed by atoms with Crippen LogP contribution in [0.25, 0.3) is 0 Å². The second-order valence-electron chi connectivity index (χ2n) is 4.80. The quantitative estimate of drug-likeness (QED) is 0.771. The van der Waals surface area contributed by atoms with Crippen LogP contribution in [-0.4, -0.2) is 24.5 Å². The number of benzene rings is 1. The highest BCUT2D eigenvalue weighted by molar-refractivity contribution is 5.33. The van der Waals surface area contributed by atoms with E-state index in [4.69, 9.17) is 0 Å². The van der Waals surface area contributed by atoms with Gasteiger partial charge in [0.2, 0.25) is 0 Å². The van der Waals surface area contributed by atoms with Gasteiger partial charge in [-0.1, -0.05) is 30.4 Å². The van der Waals surface area contributed by atoms with Gasteiger partial charge in [0.1, 0.15) is 0 Å². The Morgan fingerprint density at radius 2 is 1.94 bits per heavy atom. The molecule has 0 aliphatic carbocycles. The molecule has 0 atom stereocenters. The number of hydrogen-bond acceptors (Lipinski definition) is 2. The van der Waals surface area contributed by atoms with Crippen LogP contribution in [0.2, 0.25) is 0 Å². The third kappa shape index (κ3) is 3.31. The molecule has 2 rings (SSSR count). The van der Waals surface area contributed by atoms with Crippen LogP contribution in [0, 0.1) is 0 Å². The molecule has 1 heterocycles. The minimum atomic E-state index is 0.904. The Balaban J connectivity index is 2.07. The zero-order chi connectivity index (χ0) is 12.8.